The Morgan fingerprint density at radius 3 is 1.31 bits per heavy atom. The van der Waals surface area contributed by atoms with Crippen LogP contribution in [0.25, 0.3) is 21.5 Å². The number of hydrogen-bond acceptors (Lipinski definition) is 12. The van der Waals surface area contributed by atoms with Crippen LogP contribution in [0.15, 0.2) is 184 Å². The van der Waals surface area contributed by atoms with Gasteiger partial charge < -0.3 is 29.1 Å². The molecule has 4 saturated heterocycles. The van der Waals surface area contributed by atoms with Gasteiger partial charge in [-0.2, -0.15) is 0 Å². The molecule has 85 heavy (non-hydrogen) atoms. The third-order valence-electron chi connectivity index (χ3n) is 17.9. The number of hydrogen-bond donors (Lipinski definition) is 0. The smallest absolute Gasteiger partial charge is 0.254 e. The molecule has 0 saturated carbocycles. The Hall–Kier alpha value is -7.57. The van der Waals surface area contributed by atoms with E-state index in [4.69, 9.17) is 9.47 Å². The van der Waals surface area contributed by atoms with E-state index >= 15 is 0 Å². The highest BCUT2D eigenvalue weighted by molar-refractivity contribution is 7.91. The number of halogens is 1. The van der Waals surface area contributed by atoms with Crippen LogP contribution in [-0.2, 0) is 32.5 Å². The van der Waals surface area contributed by atoms with Crippen molar-refractivity contribution in [2.45, 2.75) is 96.1 Å². The summed E-state index contributed by atoms with van der Waals surface area (Å²) in [6, 6.07) is 44.9. The van der Waals surface area contributed by atoms with Gasteiger partial charge in [0.25, 0.3) is 11.8 Å². The fraction of sp³-hybridized carbons (Fsp3) is 0.353. The molecule has 0 radical (unpaired) electrons. The van der Waals surface area contributed by atoms with Crippen LogP contribution >= 0.6 is 0 Å². The van der Waals surface area contributed by atoms with Crippen molar-refractivity contribution in [1.29, 1.82) is 0 Å². The zero-order valence-electron chi connectivity index (χ0n) is 48.3. The Morgan fingerprint density at radius 1 is 0.459 bits per heavy atom. The second-order valence-electron chi connectivity index (χ2n) is 22.9. The van der Waals surface area contributed by atoms with Crippen LogP contribution in [-0.4, -0.2) is 137 Å². The molecule has 2 aromatic heterocycles. The van der Waals surface area contributed by atoms with Gasteiger partial charge in [0.15, 0.2) is 10.1 Å². The van der Waals surface area contributed by atoms with Crippen LogP contribution in [0.3, 0.4) is 0 Å². The summed E-state index contributed by atoms with van der Waals surface area (Å²) in [7, 11) is -4.26. The Kier molecular flexibility index (Phi) is 18.4. The molecule has 6 aromatic carbocycles. The molecule has 0 bridgehead atoms. The topological polar surface area (TPSA) is 160 Å². The largest absolute Gasteiger partial charge is 0.497 e. The quantitative estimate of drug-likeness (QED) is 0.102. The van der Waals surface area contributed by atoms with Gasteiger partial charge in [0, 0.05) is 67.2 Å². The zero-order chi connectivity index (χ0) is 59.1. The second-order valence-corrected chi connectivity index (χ2v) is 26.7. The van der Waals surface area contributed by atoms with E-state index in [0.29, 0.717) is 64.8 Å². The molecule has 0 spiro atoms. The molecular weight excluding hydrogens is 1110 g/mol. The molecule has 12 rings (SSSR count). The number of carbonyl (C=O) groups excluding carboxylic acids is 2. The summed E-state index contributed by atoms with van der Waals surface area (Å²) >= 11 is 0. The molecule has 4 fully saturated rings. The standard InChI is InChI=1S/C34H36FN3O4S.C34H37N3O4S/c1-42-27-7-9-28(10-8-27)43(40,41)33-13-6-25(23-36-33)22-24-14-18-37(19-15-24)26-16-20-38(21-17-26)34(39)31-11-12-32(35)30-5-3-2-4-29(30)31;1-41-29-10-12-30(13-11-29)42(39,40)33-14-9-26(24-35-33)23-25-15-19-36(20-16-25)28-17-21-37(22-18-28)34(38)32-8-4-6-27-5-2-3-7-31(27)32/h2-13,23-24,26H,14-22H2,1H3;2-14,24-25,28H,15-23H2,1H3. The number of benzene rings is 6. The predicted octanol–water partition coefficient (Wildman–Crippen LogP) is 11.4. The highest BCUT2D eigenvalue weighted by Crippen LogP contribution is 2.32. The van der Waals surface area contributed by atoms with Crippen LogP contribution < -0.4 is 9.47 Å². The van der Waals surface area contributed by atoms with Gasteiger partial charge in [-0.15, -0.1) is 0 Å². The maximum atomic E-state index is 14.3. The van der Waals surface area contributed by atoms with E-state index in [1.807, 2.05) is 64.4 Å². The molecule has 2 amide bonds. The number of ether oxygens (including phenoxy) is 2. The molecule has 0 N–H and O–H groups in total. The highest BCUT2D eigenvalue weighted by Gasteiger charge is 2.33. The monoisotopic (exact) mass is 1180 g/mol. The van der Waals surface area contributed by atoms with Gasteiger partial charge in [-0.1, -0.05) is 72.8 Å². The van der Waals surface area contributed by atoms with Gasteiger partial charge in [0.1, 0.15) is 17.3 Å². The first-order chi connectivity index (χ1) is 41.2. The van der Waals surface area contributed by atoms with Crippen molar-refractivity contribution in [3.05, 3.63) is 192 Å². The van der Waals surface area contributed by atoms with E-state index in [0.717, 1.165) is 131 Å². The minimum atomic E-state index is -3.68. The van der Waals surface area contributed by atoms with E-state index in [1.54, 1.807) is 93.3 Å². The van der Waals surface area contributed by atoms with E-state index in [2.05, 4.69) is 31.9 Å². The van der Waals surface area contributed by atoms with Gasteiger partial charge in [-0.25, -0.2) is 31.2 Å². The van der Waals surface area contributed by atoms with Gasteiger partial charge in [0.05, 0.1) is 24.0 Å². The first-order valence-corrected chi connectivity index (χ1v) is 32.6. The number of fused-ring (bicyclic) bond motifs is 2. The highest BCUT2D eigenvalue weighted by atomic mass is 32.2. The van der Waals surface area contributed by atoms with Gasteiger partial charge >= 0.3 is 0 Å². The number of piperidine rings is 4. The van der Waals surface area contributed by atoms with Gasteiger partial charge in [-0.3, -0.25) is 9.59 Å². The molecule has 0 unspecified atom stereocenters. The van der Waals surface area contributed by atoms with Gasteiger partial charge in [0.2, 0.25) is 19.7 Å². The lowest BCUT2D eigenvalue weighted by Gasteiger charge is -2.42. The fourth-order valence-electron chi connectivity index (χ4n) is 12.9. The van der Waals surface area contributed by atoms with Crippen molar-refractivity contribution in [3.63, 3.8) is 0 Å². The van der Waals surface area contributed by atoms with Crippen molar-refractivity contribution >= 4 is 53.0 Å². The number of carbonyl (C=O) groups is 2. The summed E-state index contributed by atoms with van der Waals surface area (Å²) in [5.74, 6) is 2.10. The lowest BCUT2D eigenvalue weighted by Crippen LogP contribution is -2.49. The predicted molar refractivity (Wildman–Crippen MR) is 327 cm³/mol. The minimum absolute atomic E-state index is 0.0233. The number of aromatic nitrogens is 2. The molecule has 6 heterocycles. The molecule has 0 atom stereocenters. The minimum Gasteiger partial charge on any atom is -0.497 e. The van der Waals surface area contributed by atoms with Gasteiger partial charge in [-0.05, 0) is 208 Å². The summed E-state index contributed by atoms with van der Waals surface area (Å²) in [5.41, 5.74) is 3.49. The third kappa shape index (κ3) is 13.4. The average molecular weight is 1190 g/mol. The number of methoxy groups -OCH3 is 2. The molecule has 0 aliphatic carbocycles. The van der Waals surface area contributed by atoms with E-state index in [1.165, 1.54) is 18.2 Å². The summed E-state index contributed by atoms with van der Waals surface area (Å²) in [6.07, 6.45) is 13.5. The van der Waals surface area contributed by atoms with Crippen LogP contribution in [0.1, 0.15) is 83.2 Å². The van der Waals surface area contributed by atoms with Crippen molar-refractivity contribution in [2.75, 3.05) is 66.6 Å². The molecular formula is C68H73FN6O8S2. The van der Waals surface area contributed by atoms with Crippen molar-refractivity contribution in [1.82, 2.24) is 29.6 Å². The molecule has 17 heteroatoms. The van der Waals surface area contributed by atoms with Crippen molar-refractivity contribution in [2.24, 2.45) is 11.8 Å². The SMILES string of the molecule is COc1ccc(S(=O)(=O)c2ccc(CC3CCN(C4CCN(C(=O)c5ccc(F)c6ccccc56)CC4)CC3)cn2)cc1.COc1ccc(S(=O)(=O)c2ccc(CC3CCN(C4CCN(C(=O)c5cccc6ccccc56)CC4)CC3)cn2)cc1. The van der Waals surface area contributed by atoms with E-state index in [9.17, 15) is 30.8 Å². The molecule has 14 nitrogen and oxygen atoms in total. The first-order valence-electron chi connectivity index (χ1n) is 29.7. The number of likely N-dealkylation sites (tertiary alicyclic amines) is 4. The summed E-state index contributed by atoms with van der Waals surface area (Å²) in [5, 5.41) is 3.39. The lowest BCUT2D eigenvalue weighted by atomic mass is 9.89. The molecule has 4 aliphatic rings. The van der Waals surface area contributed by atoms with Crippen molar-refractivity contribution < 1.29 is 40.3 Å². The second kappa shape index (κ2) is 26.4. The summed E-state index contributed by atoms with van der Waals surface area (Å²) < 4.78 is 76.4. The van der Waals surface area contributed by atoms with Crippen LogP contribution in [0.2, 0.25) is 0 Å². The average Bonchev–Trinajstić information content (AvgIpc) is 3.63. The number of pyridine rings is 2. The molecule has 8 aromatic rings. The number of sulfone groups is 2. The fourth-order valence-corrected chi connectivity index (χ4v) is 15.3. The third-order valence-corrected chi connectivity index (χ3v) is 21.3. The molecule has 442 valence electrons. The Bertz CT molecular complexity index is 3840. The Balaban J connectivity index is 0.000000177. The number of rotatable bonds is 14. The Labute approximate surface area is 498 Å². The van der Waals surface area contributed by atoms with Crippen LogP contribution in [0.5, 0.6) is 11.5 Å². The summed E-state index contributed by atoms with van der Waals surface area (Å²) in [6.45, 7) is 7.15. The summed E-state index contributed by atoms with van der Waals surface area (Å²) in [4.78, 5) is 44.8. The number of amides is 2. The van der Waals surface area contributed by atoms with E-state index < -0.39 is 19.7 Å². The lowest BCUT2D eigenvalue weighted by molar-refractivity contribution is 0.0547. The van der Waals surface area contributed by atoms with Crippen LogP contribution in [0, 0.1) is 17.7 Å². The maximum absolute atomic E-state index is 14.3. The first kappa shape index (κ1) is 59.2. The van der Waals surface area contributed by atoms with E-state index in [-0.39, 0.29) is 37.5 Å². The zero-order valence-corrected chi connectivity index (χ0v) is 49.9. The normalized spacial score (nSPS) is 17.4. The maximum Gasteiger partial charge on any atom is 0.254 e. The van der Waals surface area contributed by atoms with Crippen molar-refractivity contribution in [3.8, 4) is 11.5 Å². The number of nitrogens with zero attached hydrogens (tertiary/aromatic N) is 6. The van der Waals surface area contributed by atoms with Crippen LogP contribution in [0.4, 0.5) is 4.39 Å². The molecule has 4 aliphatic heterocycles. The Morgan fingerprint density at radius 2 is 0.871 bits per heavy atom.